The van der Waals surface area contributed by atoms with Gasteiger partial charge in [0.1, 0.15) is 0 Å². The number of unbranched alkanes of at least 4 members (excludes halogenated alkanes) is 1. The number of hydrogen-bond donors (Lipinski definition) is 0. The molecule has 0 amide bonds. The normalized spacial score (nSPS) is 14.4. The number of pyridine rings is 1. The van der Waals surface area contributed by atoms with Gasteiger partial charge in [0, 0.05) is 35.3 Å². The van der Waals surface area contributed by atoms with Crippen molar-refractivity contribution in [3.05, 3.63) is 53.0 Å². The Kier molecular flexibility index (Phi) is 10.7. The summed E-state index contributed by atoms with van der Waals surface area (Å²) in [6.45, 7) is 3.55. The van der Waals surface area contributed by atoms with Crippen molar-refractivity contribution in [2.45, 2.75) is 24.2 Å². The molecule has 0 fully saturated rings. The number of aromatic nitrogens is 1. The lowest BCUT2D eigenvalue weighted by Gasteiger charge is -2.25. The summed E-state index contributed by atoms with van der Waals surface area (Å²) < 4.78 is 0. The minimum atomic E-state index is 0. The zero-order valence-electron chi connectivity index (χ0n) is 13.6. The maximum Gasteiger partial charge on any atom is 0.0300 e. The highest BCUT2D eigenvalue weighted by molar-refractivity contribution is 7.99. The predicted octanol–water partition coefficient (Wildman–Crippen LogP) is 5.65. The molecule has 0 saturated carbocycles. The van der Waals surface area contributed by atoms with Gasteiger partial charge in [-0.15, -0.1) is 47.9 Å². The number of halogens is 2. The van der Waals surface area contributed by atoms with Gasteiger partial charge in [-0.2, -0.15) is 0 Å². The largest absolute Gasteiger partial charge is 0.299 e. The van der Waals surface area contributed by atoms with Gasteiger partial charge in [0.25, 0.3) is 0 Å². The van der Waals surface area contributed by atoms with Crippen LogP contribution in [-0.4, -0.2) is 35.3 Å². The summed E-state index contributed by atoms with van der Waals surface area (Å²) in [6.07, 6.45) is 9.93. The molecule has 3 rings (SSSR count). The van der Waals surface area contributed by atoms with Crippen LogP contribution >= 0.6 is 47.9 Å². The maximum atomic E-state index is 4.05. The molecule has 0 aliphatic carbocycles. The Bertz CT molecular complexity index is 588. The molecular formula is C18H24Cl2N2S2. The average molecular weight is 403 g/mol. The van der Waals surface area contributed by atoms with E-state index < -0.39 is 0 Å². The average Bonchev–Trinajstić information content (AvgIpc) is 3.11. The molecule has 1 aliphatic heterocycles. The standard InChI is InChI=1S/C18H22N2S2.2ClH/c1(2-14-21-17-5-9-19-10-6-17)11-20-12-7-16(8-13-20)18-4-3-15-22-18;;/h3-7,9-10,15H,1-2,8,11-14H2;2*1H. The van der Waals surface area contributed by atoms with Crippen LogP contribution in [0.3, 0.4) is 0 Å². The van der Waals surface area contributed by atoms with Crippen LogP contribution < -0.4 is 0 Å². The molecule has 1 aliphatic rings. The smallest absolute Gasteiger partial charge is 0.0300 e. The Morgan fingerprint density at radius 1 is 1.12 bits per heavy atom. The Balaban J connectivity index is 0.00000144. The van der Waals surface area contributed by atoms with Crippen LogP contribution in [0.4, 0.5) is 0 Å². The summed E-state index contributed by atoms with van der Waals surface area (Å²) in [4.78, 5) is 9.41. The molecule has 2 nitrogen and oxygen atoms in total. The number of nitrogens with zero attached hydrogens (tertiary/aromatic N) is 2. The highest BCUT2D eigenvalue weighted by atomic mass is 35.5. The van der Waals surface area contributed by atoms with E-state index in [-0.39, 0.29) is 24.8 Å². The van der Waals surface area contributed by atoms with Gasteiger partial charge in [-0.25, -0.2) is 0 Å². The van der Waals surface area contributed by atoms with Crippen molar-refractivity contribution in [3.8, 4) is 0 Å². The van der Waals surface area contributed by atoms with Crippen LogP contribution in [0, 0.1) is 0 Å². The van der Waals surface area contributed by atoms with E-state index in [4.69, 9.17) is 0 Å². The van der Waals surface area contributed by atoms with Crippen LogP contribution in [0.2, 0.25) is 0 Å². The van der Waals surface area contributed by atoms with E-state index in [1.165, 1.54) is 47.9 Å². The van der Waals surface area contributed by atoms with Gasteiger partial charge in [-0.3, -0.25) is 9.88 Å². The maximum absolute atomic E-state index is 4.05. The molecule has 2 aromatic rings. The van der Waals surface area contributed by atoms with E-state index in [1.807, 2.05) is 35.5 Å². The van der Waals surface area contributed by atoms with Crippen molar-refractivity contribution >= 4 is 53.5 Å². The van der Waals surface area contributed by atoms with Crippen molar-refractivity contribution in [3.63, 3.8) is 0 Å². The fourth-order valence-electron chi connectivity index (χ4n) is 2.66. The number of thioether (sulfide) groups is 1. The van der Waals surface area contributed by atoms with Gasteiger partial charge < -0.3 is 0 Å². The van der Waals surface area contributed by atoms with E-state index in [1.54, 1.807) is 5.57 Å². The van der Waals surface area contributed by atoms with E-state index in [0.29, 0.717) is 0 Å². The van der Waals surface area contributed by atoms with Crippen LogP contribution in [0.25, 0.3) is 5.57 Å². The summed E-state index contributed by atoms with van der Waals surface area (Å²) in [5.74, 6) is 1.20. The van der Waals surface area contributed by atoms with Crippen molar-refractivity contribution in [2.75, 3.05) is 25.4 Å². The number of rotatable bonds is 7. The van der Waals surface area contributed by atoms with Crippen LogP contribution in [-0.2, 0) is 0 Å². The Morgan fingerprint density at radius 2 is 1.96 bits per heavy atom. The van der Waals surface area contributed by atoms with Crippen molar-refractivity contribution < 1.29 is 0 Å². The molecule has 0 spiro atoms. The lowest BCUT2D eigenvalue weighted by Crippen LogP contribution is -2.29. The van der Waals surface area contributed by atoms with Gasteiger partial charge in [0.2, 0.25) is 0 Å². The van der Waals surface area contributed by atoms with Crippen molar-refractivity contribution in [2.24, 2.45) is 0 Å². The second-order valence-electron chi connectivity index (χ2n) is 5.50. The minimum Gasteiger partial charge on any atom is -0.299 e. The molecule has 0 N–H and O–H groups in total. The van der Waals surface area contributed by atoms with Crippen LogP contribution in [0.5, 0.6) is 0 Å². The van der Waals surface area contributed by atoms with E-state index in [2.05, 4.69) is 45.6 Å². The molecule has 132 valence electrons. The SMILES string of the molecule is C1=C(c2cccs2)CCN(CCCCSc2ccncc2)C1.Cl.Cl. The topological polar surface area (TPSA) is 16.1 Å². The van der Waals surface area contributed by atoms with Gasteiger partial charge in [0.15, 0.2) is 0 Å². The third-order valence-corrected chi connectivity index (χ3v) is 5.96. The molecule has 3 heterocycles. The third-order valence-electron chi connectivity index (χ3n) is 3.92. The summed E-state index contributed by atoms with van der Waals surface area (Å²) in [5, 5.41) is 2.17. The first kappa shape index (κ1) is 21.5. The van der Waals surface area contributed by atoms with Gasteiger partial charge >= 0.3 is 0 Å². The van der Waals surface area contributed by atoms with E-state index in [0.717, 1.165) is 6.54 Å². The second-order valence-corrected chi connectivity index (χ2v) is 7.61. The van der Waals surface area contributed by atoms with Crippen molar-refractivity contribution in [1.29, 1.82) is 0 Å². The van der Waals surface area contributed by atoms with Gasteiger partial charge in [-0.05, 0) is 60.7 Å². The first-order valence-electron chi connectivity index (χ1n) is 7.90. The zero-order valence-corrected chi connectivity index (χ0v) is 16.9. The fraction of sp³-hybridized carbons (Fsp3) is 0.389. The van der Waals surface area contributed by atoms with Crippen LogP contribution in [0.15, 0.2) is 53.0 Å². The van der Waals surface area contributed by atoms with Gasteiger partial charge in [-0.1, -0.05) is 12.1 Å². The molecule has 24 heavy (non-hydrogen) atoms. The fourth-order valence-corrected chi connectivity index (χ4v) is 4.36. The molecular weight excluding hydrogens is 379 g/mol. The summed E-state index contributed by atoms with van der Waals surface area (Å²) in [5.41, 5.74) is 1.54. The first-order chi connectivity index (χ1) is 10.9. The molecule has 0 bridgehead atoms. The highest BCUT2D eigenvalue weighted by Gasteiger charge is 2.12. The Hall–Kier alpha value is -0.520. The predicted molar refractivity (Wildman–Crippen MR) is 112 cm³/mol. The molecule has 0 saturated heterocycles. The van der Waals surface area contributed by atoms with E-state index in [9.17, 15) is 0 Å². The highest BCUT2D eigenvalue weighted by Crippen LogP contribution is 2.26. The second kappa shape index (κ2) is 11.9. The molecule has 0 radical (unpaired) electrons. The van der Waals surface area contributed by atoms with Gasteiger partial charge in [0.05, 0.1) is 0 Å². The minimum absolute atomic E-state index is 0. The van der Waals surface area contributed by atoms with E-state index >= 15 is 0 Å². The Morgan fingerprint density at radius 3 is 2.62 bits per heavy atom. The summed E-state index contributed by atoms with van der Waals surface area (Å²) in [6, 6.07) is 8.56. The molecule has 0 aromatic carbocycles. The monoisotopic (exact) mass is 402 g/mol. The summed E-state index contributed by atoms with van der Waals surface area (Å²) in [7, 11) is 0. The zero-order chi connectivity index (χ0) is 15.0. The van der Waals surface area contributed by atoms with Crippen LogP contribution in [0.1, 0.15) is 24.1 Å². The molecule has 2 aromatic heterocycles. The first-order valence-corrected chi connectivity index (χ1v) is 9.76. The lowest BCUT2D eigenvalue weighted by molar-refractivity contribution is 0.297. The quantitative estimate of drug-likeness (QED) is 0.439. The third kappa shape index (κ3) is 6.77. The molecule has 0 unspecified atom stereocenters. The lowest BCUT2D eigenvalue weighted by atomic mass is 10.1. The number of hydrogen-bond acceptors (Lipinski definition) is 4. The van der Waals surface area contributed by atoms with Crippen molar-refractivity contribution in [1.82, 2.24) is 9.88 Å². The molecule has 6 heteroatoms. The Labute approximate surface area is 165 Å². The number of thiophene rings is 1. The summed E-state index contributed by atoms with van der Waals surface area (Å²) >= 11 is 3.80. The molecule has 0 atom stereocenters.